The Balaban J connectivity index is 2.36. The van der Waals surface area contributed by atoms with E-state index in [1.165, 1.54) is 0 Å². The number of hydrogen-bond acceptors (Lipinski definition) is 4. The highest BCUT2D eigenvalue weighted by Crippen LogP contribution is 2.19. The summed E-state index contributed by atoms with van der Waals surface area (Å²) in [6, 6.07) is 0. The first-order chi connectivity index (χ1) is 8.69. The number of amides is 1. The maximum Gasteiger partial charge on any atom is 0.410 e. The third kappa shape index (κ3) is 5.94. The summed E-state index contributed by atoms with van der Waals surface area (Å²) in [6.07, 6.45) is 0.824. The Morgan fingerprint density at radius 1 is 1.32 bits per heavy atom. The summed E-state index contributed by atoms with van der Waals surface area (Å²) in [6.45, 7) is 6.54. The van der Waals surface area contributed by atoms with E-state index in [1.54, 1.807) is 27.5 Å². The van der Waals surface area contributed by atoms with E-state index in [4.69, 9.17) is 14.6 Å². The quantitative estimate of drug-likeness (QED) is 0.596. The number of likely N-dealkylation sites (tertiary alicyclic amines) is 1. The Bertz CT molecular complexity index is 334. The van der Waals surface area contributed by atoms with E-state index >= 15 is 0 Å². The van der Waals surface area contributed by atoms with Crippen molar-refractivity contribution in [3.63, 3.8) is 0 Å². The van der Waals surface area contributed by atoms with Gasteiger partial charge in [0.2, 0.25) is 4.11 Å². The normalized spacial score (nSPS) is 19.1. The highest BCUT2D eigenvalue weighted by atomic mass is 127. The fraction of sp³-hybridized carbons (Fsp3) is 0.833. The minimum atomic E-state index is -0.977. The van der Waals surface area contributed by atoms with Crippen molar-refractivity contribution in [3.05, 3.63) is 0 Å². The molecule has 1 aliphatic heterocycles. The molecule has 0 unspecified atom stereocenters. The Labute approximate surface area is 126 Å². The fourth-order valence-corrected chi connectivity index (χ4v) is 2.14. The molecule has 0 aromatic heterocycles. The third-order valence-corrected chi connectivity index (χ3v) is 3.43. The predicted octanol–water partition coefficient (Wildman–Crippen LogP) is 2.25. The zero-order valence-corrected chi connectivity index (χ0v) is 13.5. The van der Waals surface area contributed by atoms with Crippen LogP contribution in [0.5, 0.6) is 0 Å². The number of halogens is 1. The predicted molar refractivity (Wildman–Crippen MR) is 77.4 cm³/mol. The molecule has 1 heterocycles. The van der Waals surface area contributed by atoms with E-state index < -0.39 is 15.7 Å². The van der Waals surface area contributed by atoms with Crippen molar-refractivity contribution in [2.24, 2.45) is 0 Å². The maximum absolute atomic E-state index is 11.8. The van der Waals surface area contributed by atoms with Crippen LogP contribution in [0.15, 0.2) is 0 Å². The summed E-state index contributed by atoms with van der Waals surface area (Å²) >= 11 is 1.74. The van der Waals surface area contributed by atoms with Crippen molar-refractivity contribution < 1.29 is 24.2 Å². The van der Waals surface area contributed by atoms with E-state index in [0.717, 1.165) is 0 Å². The zero-order chi connectivity index (χ0) is 14.6. The molecule has 6 nitrogen and oxygen atoms in total. The van der Waals surface area contributed by atoms with Gasteiger partial charge in [-0.05, 0) is 56.2 Å². The lowest BCUT2D eigenvalue weighted by atomic mass is 10.1. The van der Waals surface area contributed by atoms with Gasteiger partial charge in [-0.2, -0.15) is 0 Å². The van der Waals surface area contributed by atoms with Crippen LogP contribution in [0, 0.1) is 0 Å². The van der Waals surface area contributed by atoms with Gasteiger partial charge in [-0.15, -0.1) is 0 Å². The molecule has 1 rings (SSSR count). The van der Waals surface area contributed by atoms with Crippen LogP contribution in [0.2, 0.25) is 0 Å². The molecular formula is C12H20INO5. The number of hydrogen-bond donors (Lipinski definition) is 1. The van der Waals surface area contributed by atoms with Crippen LogP contribution < -0.4 is 0 Å². The zero-order valence-electron chi connectivity index (χ0n) is 11.4. The first-order valence-corrected chi connectivity index (χ1v) is 7.44. The summed E-state index contributed by atoms with van der Waals surface area (Å²) in [5.41, 5.74) is -0.499. The number of carbonyl (C=O) groups is 2. The molecule has 110 valence electrons. The number of alkyl halides is 1. The standard InChI is InChI=1S/C12H20INO5/c1-12(2,3)19-11(17)14-6-4-8(5-7-14)18-9(13)10(15)16/h8-9H,4-7H2,1-3H3,(H,15,16)/t9-/m1/s1. The second kappa shape index (κ2) is 6.74. The van der Waals surface area contributed by atoms with Crippen molar-refractivity contribution in [1.29, 1.82) is 0 Å². The minimum absolute atomic E-state index is 0.114. The highest BCUT2D eigenvalue weighted by molar-refractivity contribution is 14.1. The molecule has 0 aliphatic carbocycles. The van der Waals surface area contributed by atoms with Gasteiger partial charge in [-0.25, -0.2) is 9.59 Å². The van der Waals surface area contributed by atoms with Crippen molar-refractivity contribution >= 4 is 34.7 Å². The van der Waals surface area contributed by atoms with E-state index in [9.17, 15) is 9.59 Å². The molecule has 1 atom stereocenters. The molecule has 1 N–H and O–H groups in total. The second-order valence-electron chi connectivity index (χ2n) is 5.46. The van der Waals surface area contributed by atoms with Gasteiger partial charge in [0, 0.05) is 13.1 Å². The van der Waals surface area contributed by atoms with Crippen LogP contribution in [0.4, 0.5) is 4.79 Å². The Kier molecular flexibility index (Phi) is 5.84. The molecule has 0 saturated carbocycles. The molecule has 0 aromatic carbocycles. The maximum atomic E-state index is 11.8. The van der Waals surface area contributed by atoms with E-state index in [1.807, 2.05) is 20.8 Å². The van der Waals surface area contributed by atoms with Crippen LogP contribution in [0.3, 0.4) is 0 Å². The Morgan fingerprint density at radius 3 is 2.26 bits per heavy atom. The molecule has 0 radical (unpaired) electrons. The lowest BCUT2D eigenvalue weighted by molar-refractivity contribution is -0.147. The molecule has 1 amide bonds. The number of piperidine rings is 1. The van der Waals surface area contributed by atoms with Crippen LogP contribution in [0.1, 0.15) is 33.6 Å². The number of aliphatic carboxylic acids is 1. The first-order valence-electron chi connectivity index (χ1n) is 6.19. The van der Waals surface area contributed by atoms with E-state index in [0.29, 0.717) is 25.9 Å². The largest absolute Gasteiger partial charge is 0.479 e. The lowest BCUT2D eigenvalue weighted by Gasteiger charge is -2.33. The number of carboxylic acids is 1. The summed E-state index contributed by atoms with van der Waals surface area (Å²) in [7, 11) is 0. The van der Waals surface area contributed by atoms with Gasteiger partial charge in [-0.3, -0.25) is 0 Å². The van der Waals surface area contributed by atoms with Crippen LogP contribution >= 0.6 is 22.6 Å². The molecule has 0 spiro atoms. The SMILES string of the molecule is CC(C)(C)OC(=O)N1CCC(O[C@@H](I)C(=O)O)CC1. The summed E-state index contributed by atoms with van der Waals surface area (Å²) in [5.74, 6) is -0.977. The minimum Gasteiger partial charge on any atom is -0.479 e. The van der Waals surface area contributed by atoms with Gasteiger partial charge < -0.3 is 19.5 Å². The smallest absolute Gasteiger partial charge is 0.410 e. The van der Waals surface area contributed by atoms with Crippen LogP contribution in [0.25, 0.3) is 0 Å². The lowest BCUT2D eigenvalue weighted by Crippen LogP contribution is -2.44. The molecule has 1 saturated heterocycles. The van der Waals surface area contributed by atoms with Gasteiger partial charge in [0.1, 0.15) is 5.60 Å². The number of carbonyl (C=O) groups excluding carboxylic acids is 1. The van der Waals surface area contributed by atoms with Gasteiger partial charge >= 0.3 is 12.1 Å². The first kappa shape index (κ1) is 16.5. The molecule has 1 fully saturated rings. The van der Waals surface area contributed by atoms with Gasteiger partial charge in [0.15, 0.2) is 0 Å². The van der Waals surface area contributed by atoms with Crippen molar-refractivity contribution in [2.45, 2.75) is 49.4 Å². The number of rotatable bonds is 3. The summed E-state index contributed by atoms with van der Waals surface area (Å²) in [5, 5.41) is 8.76. The summed E-state index contributed by atoms with van der Waals surface area (Å²) in [4.78, 5) is 24.1. The van der Waals surface area contributed by atoms with Gasteiger partial charge in [0.05, 0.1) is 6.10 Å². The molecule has 19 heavy (non-hydrogen) atoms. The van der Waals surface area contributed by atoms with Crippen LogP contribution in [-0.4, -0.2) is 51.0 Å². The highest BCUT2D eigenvalue weighted by Gasteiger charge is 2.29. The number of carboxylic acid groups (broad SMARTS) is 1. The summed E-state index contributed by atoms with van der Waals surface area (Å²) < 4.78 is 9.84. The third-order valence-electron chi connectivity index (χ3n) is 2.60. The Morgan fingerprint density at radius 2 is 1.84 bits per heavy atom. The Hall–Kier alpha value is -0.570. The molecule has 0 aromatic rings. The van der Waals surface area contributed by atoms with Crippen molar-refractivity contribution in [3.8, 4) is 0 Å². The molecule has 1 aliphatic rings. The van der Waals surface area contributed by atoms with Crippen LogP contribution in [-0.2, 0) is 14.3 Å². The van der Waals surface area contributed by atoms with Gasteiger partial charge in [-0.1, -0.05) is 0 Å². The average molecular weight is 385 g/mol. The van der Waals surface area contributed by atoms with E-state index in [-0.39, 0.29) is 12.2 Å². The van der Waals surface area contributed by atoms with E-state index in [2.05, 4.69) is 0 Å². The van der Waals surface area contributed by atoms with Crippen molar-refractivity contribution in [2.75, 3.05) is 13.1 Å². The van der Waals surface area contributed by atoms with Gasteiger partial charge in [0.25, 0.3) is 0 Å². The fourth-order valence-electron chi connectivity index (χ4n) is 1.73. The number of nitrogens with zero attached hydrogens (tertiary/aromatic N) is 1. The molecular weight excluding hydrogens is 365 g/mol. The molecule has 0 bridgehead atoms. The number of ether oxygens (including phenoxy) is 2. The molecule has 7 heteroatoms. The topological polar surface area (TPSA) is 76.1 Å². The van der Waals surface area contributed by atoms with Crippen molar-refractivity contribution in [1.82, 2.24) is 4.90 Å². The monoisotopic (exact) mass is 385 g/mol. The average Bonchev–Trinajstić information content (AvgIpc) is 2.27. The second-order valence-corrected chi connectivity index (χ2v) is 6.59.